The molecule has 1 heterocycles. The van der Waals surface area contributed by atoms with Crippen molar-refractivity contribution in [3.05, 3.63) is 24.4 Å². The average molecular weight is 204 g/mol. The van der Waals surface area contributed by atoms with Crippen molar-refractivity contribution in [1.29, 1.82) is 0 Å². The van der Waals surface area contributed by atoms with Crippen molar-refractivity contribution in [3.63, 3.8) is 0 Å². The molecule has 0 fully saturated rings. The van der Waals surface area contributed by atoms with Crippen molar-refractivity contribution < 1.29 is 4.74 Å². The van der Waals surface area contributed by atoms with Crippen LogP contribution in [0.3, 0.4) is 0 Å². The fourth-order valence-corrected chi connectivity index (χ4v) is 1.67. The zero-order valence-corrected chi connectivity index (χ0v) is 9.40. The topological polar surface area (TPSA) is 27.1 Å². The highest BCUT2D eigenvalue weighted by Gasteiger charge is 2.05. The average Bonchev–Trinajstić information content (AvgIpc) is 2.60. The second-order valence-electron chi connectivity index (χ2n) is 4.15. The Hall–Kier alpha value is -1.51. The molecule has 0 radical (unpaired) electrons. The third-order valence-electron chi connectivity index (χ3n) is 2.39. The first-order valence-electron chi connectivity index (χ1n) is 5.20. The first-order valence-corrected chi connectivity index (χ1v) is 5.20. The Kier molecular flexibility index (Phi) is 2.62. The molecule has 0 aliphatic heterocycles. The van der Waals surface area contributed by atoms with Crippen LogP contribution in [0, 0.1) is 5.92 Å². The maximum atomic E-state index is 5.21. The van der Waals surface area contributed by atoms with Crippen LogP contribution in [0.15, 0.2) is 24.4 Å². The molecule has 2 rings (SSSR count). The van der Waals surface area contributed by atoms with E-state index in [9.17, 15) is 0 Å². The molecule has 0 N–H and O–H groups in total. The number of methoxy groups -OCH3 is 1. The maximum Gasteiger partial charge on any atom is 0.121 e. The van der Waals surface area contributed by atoms with Gasteiger partial charge in [0.2, 0.25) is 0 Å². The van der Waals surface area contributed by atoms with E-state index in [1.807, 2.05) is 29.1 Å². The van der Waals surface area contributed by atoms with Crippen molar-refractivity contribution >= 4 is 10.9 Å². The third kappa shape index (κ3) is 1.96. The first kappa shape index (κ1) is 10.0. The van der Waals surface area contributed by atoms with Gasteiger partial charge in [0.05, 0.1) is 18.8 Å². The highest BCUT2D eigenvalue weighted by Crippen LogP contribution is 2.20. The van der Waals surface area contributed by atoms with Gasteiger partial charge in [0.1, 0.15) is 5.75 Å². The van der Waals surface area contributed by atoms with Gasteiger partial charge < -0.3 is 4.74 Å². The Balaban J connectivity index is 2.46. The molecule has 80 valence electrons. The highest BCUT2D eigenvalue weighted by molar-refractivity contribution is 5.80. The predicted molar refractivity (Wildman–Crippen MR) is 61.1 cm³/mol. The summed E-state index contributed by atoms with van der Waals surface area (Å²) in [6, 6.07) is 6.03. The van der Waals surface area contributed by atoms with Crippen LogP contribution >= 0.6 is 0 Å². The lowest BCUT2D eigenvalue weighted by atomic mass is 10.2. The van der Waals surface area contributed by atoms with Crippen LogP contribution in [0.5, 0.6) is 5.75 Å². The molecule has 0 saturated carbocycles. The second-order valence-corrected chi connectivity index (χ2v) is 4.15. The number of benzene rings is 1. The Morgan fingerprint density at radius 1 is 1.40 bits per heavy atom. The molecule has 2 aromatic rings. The summed E-state index contributed by atoms with van der Waals surface area (Å²) in [5, 5.41) is 5.54. The van der Waals surface area contributed by atoms with E-state index in [-0.39, 0.29) is 0 Å². The largest absolute Gasteiger partial charge is 0.497 e. The Morgan fingerprint density at radius 3 is 2.87 bits per heavy atom. The first-order chi connectivity index (χ1) is 7.20. The number of ether oxygens (including phenoxy) is 1. The second kappa shape index (κ2) is 3.93. The summed E-state index contributed by atoms with van der Waals surface area (Å²) in [6.45, 7) is 5.32. The molecule has 1 aromatic carbocycles. The van der Waals surface area contributed by atoms with Crippen LogP contribution in [-0.2, 0) is 6.54 Å². The molecule has 0 unspecified atom stereocenters. The third-order valence-corrected chi connectivity index (χ3v) is 2.39. The van der Waals surface area contributed by atoms with Gasteiger partial charge in [-0.2, -0.15) is 5.10 Å². The van der Waals surface area contributed by atoms with Gasteiger partial charge in [-0.15, -0.1) is 0 Å². The van der Waals surface area contributed by atoms with E-state index in [1.54, 1.807) is 7.11 Å². The van der Waals surface area contributed by atoms with Crippen LogP contribution in [-0.4, -0.2) is 16.9 Å². The lowest BCUT2D eigenvalue weighted by Gasteiger charge is -2.07. The fourth-order valence-electron chi connectivity index (χ4n) is 1.67. The van der Waals surface area contributed by atoms with Crippen LogP contribution in [0.1, 0.15) is 13.8 Å². The van der Waals surface area contributed by atoms with E-state index in [4.69, 9.17) is 4.74 Å². The summed E-state index contributed by atoms with van der Waals surface area (Å²) >= 11 is 0. The highest BCUT2D eigenvalue weighted by atomic mass is 16.5. The predicted octanol–water partition coefficient (Wildman–Crippen LogP) is 2.70. The van der Waals surface area contributed by atoms with Gasteiger partial charge in [-0.3, -0.25) is 4.68 Å². The smallest absolute Gasteiger partial charge is 0.121 e. The summed E-state index contributed by atoms with van der Waals surface area (Å²) in [4.78, 5) is 0. The lowest BCUT2D eigenvalue weighted by Crippen LogP contribution is -2.05. The molecule has 0 spiro atoms. The van der Waals surface area contributed by atoms with Gasteiger partial charge >= 0.3 is 0 Å². The molecular weight excluding hydrogens is 188 g/mol. The minimum absolute atomic E-state index is 0.597. The zero-order valence-electron chi connectivity index (χ0n) is 9.40. The monoisotopic (exact) mass is 204 g/mol. The molecule has 1 aromatic heterocycles. The number of rotatable bonds is 3. The molecule has 0 aliphatic carbocycles. The molecule has 15 heavy (non-hydrogen) atoms. The summed E-state index contributed by atoms with van der Waals surface area (Å²) in [6.07, 6.45) is 1.90. The van der Waals surface area contributed by atoms with Crippen molar-refractivity contribution in [2.45, 2.75) is 20.4 Å². The van der Waals surface area contributed by atoms with Gasteiger partial charge in [0, 0.05) is 18.0 Å². The van der Waals surface area contributed by atoms with Crippen LogP contribution in [0.25, 0.3) is 10.9 Å². The van der Waals surface area contributed by atoms with E-state index in [2.05, 4.69) is 18.9 Å². The zero-order chi connectivity index (χ0) is 10.8. The van der Waals surface area contributed by atoms with Crippen molar-refractivity contribution in [2.24, 2.45) is 5.92 Å². The Labute approximate surface area is 89.7 Å². The molecule has 0 atom stereocenters. The molecule has 0 bridgehead atoms. The van der Waals surface area contributed by atoms with E-state index in [0.717, 1.165) is 23.2 Å². The summed E-state index contributed by atoms with van der Waals surface area (Å²) in [7, 11) is 1.68. The van der Waals surface area contributed by atoms with Gasteiger partial charge in [0.25, 0.3) is 0 Å². The van der Waals surface area contributed by atoms with E-state index >= 15 is 0 Å². The van der Waals surface area contributed by atoms with Crippen LogP contribution < -0.4 is 4.74 Å². The van der Waals surface area contributed by atoms with Gasteiger partial charge in [-0.25, -0.2) is 0 Å². The number of nitrogens with zero attached hydrogens (tertiary/aromatic N) is 2. The standard InChI is InChI=1S/C12H16N2O/c1-9(2)8-14-12-6-11(15-3)5-4-10(12)7-13-14/h4-7,9H,8H2,1-3H3. The van der Waals surface area contributed by atoms with E-state index < -0.39 is 0 Å². The molecule has 3 nitrogen and oxygen atoms in total. The number of aromatic nitrogens is 2. The molecule has 3 heteroatoms. The van der Waals surface area contributed by atoms with Crippen LogP contribution in [0.2, 0.25) is 0 Å². The quantitative estimate of drug-likeness (QED) is 0.768. The molecule has 0 aliphatic rings. The Morgan fingerprint density at radius 2 is 2.20 bits per heavy atom. The maximum absolute atomic E-state index is 5.21. The van der Waals surface area contributed by atoms with Crippen molar-refractivity contribution in [1.82, 2.24) is 9.78 Å². The van der Waals surface area contributed by atoms with E-state index in [0.29, 0.717) is 5.92 Å². The molecular formula is C12H16N2O. The van der Waals surface area contributed by atoms with Gasteiger partial charge in [-0.05, 0) is 18.1 Å². The summed E-state index contributed by atoms with van der Waals surface area (Å²) in [5.74, 6) is 1.48. The summed E-state index contributed by atoms with van der Waals surface area (Å²) < 4.78 is 7.24. The van der Waals surface area contributed by atoms with Crippen molar-refractivity contribution in [2.75, 3.05) is 7.11 Å². The fraction of sp³-hybridized carbons (Fsp3) is 0.417. The Bertz CT molecular complexity index is 460. The SMILES string of the molecule is COc1ccc2cnn(CC(C)C)c2c1. The minimum atomic E-state index is 0.597. The number of hydrogen-bond acceptors (Lipinski definition) is 2. The number of fused-ring (bicyclic) bond motifs is 1. The normalized spacial score (nSPS) is 11.2. The van der Waals surface area contributed by atoms with Gasteiger partial charge in [-0.1, -0.05) is 13.8 Å². The molecule has 0 amide bonds. The van der Waals surface area contributed by atoms with Gasteiger partial charge in [0.15, 0.2) is 0 Å². The minimum Gasteiger partial charge on any atom is -0.497 e. The van der Waals surface area contributed by atoms with E-state index in [1.165, 1.54) is 0 Å². The van der Waals surface area contributed by atoms with Crippen molar-refractivity contribution in [3.8, 4) is 5.75 Å². The summed E-state index contributed by atoms with van der Waals surface area (Å²) in [5.41, 5.74) is 1.14. The lowest BCUT2D eigenvalue weighted by molar-refractivity contribution is 0.414. The van der Waals surface area contributed by atoms with Crippen LogP contribution in [0.4, 0.5) is 0 Å². The molecule has 0 saturated heterocycles. The number of hydrogen-bond donors (Lipinski definition) is 0.